The van der Waals surface area contributed by atoms with E-state index < -0.39 is 17.8 Å². The van der Waals surface area contributed by atoms with E-state index in [0.717, 1.165) is 27.2 Å². The summed E-state index contributed by atoms with van der Waals surface area (Å²) in [6.07, 6.45) is 1.62. The maximum absolute atomic E-state index is 12.7. The van der Waals surface area contributed by atoms with Gasteiger partial charge in [-0.3, -0.25) is 9.59 Å². The van der Waals surface area contributed by atoms with Crippen molar-refractivity contribution in [3.05, 3.63) is 95.7 Å². The average Bonchev–Trinajstić information content (AvgIpc) is 3.03. The first-order chi connectivity index (χ1) is 15.0. The normalized spacial score (nSPS) is 14.6. The number of benzene rings is 3. The van der Waals surface area contributed by atoms with Crippen molar-refractivity contribution < 1.29 is 14.4 Å². The Hall–Kier alpha value is -4.19. The Bertz CT molecular complexity index is 1170. The van der Waals surface area contributed by atoms with Crippen molar-refractivity contribution in [3.63, 3.8) is 0 Å². The van der Waals surface area contributed by atoms with Crippen LogP contribution in [0.5, 0.6) is 0 Å². The molecule has 2 N–H and O–H groups in total. The van der Waals surface area contributed by atoms with Crippen molar-refractivity contribution in [2.45, 2.75) is 6.92 Å². The van der Waals surface area contributed by atoms with E-state index in [1.807, 2.05) is 73.7 Å². The van der Waals surface area contributed by atoms with E-state index in [2.05, 4.69) is 10.6 Å². The van der Waals surface area contributed by atoms with Gasteiger partial charge in [0, 0.05) is 5.69 Å². The summed E-state index contributed by atoms with van der Waals surface area (Å²) in [7, 11) is 0. The van der Waals surface area contributed by atoms with E-state index in [9.17, 15) is 14.4 Å². The molecule has 1 saturated heterocycles. The Morgan fingerprint density at radius 1 is 0.935 bits per heavy atom. The molecule has 0 atom stereocenters. The predicted octanol–water partition coefficient (Wildman–Crippen LogP) is 4.19. The maximum atomic E-state index is 12.7. The number of hydrogen-bond acceptors (Lipinski definition) is 3. The van der Waals surface area contributed by atoms with Gasteiger partial charge in [-0.25, -0.2) is 9.69 Å². The number of nitrogens with one attached hydrogen (secondary N) is 2. The molecule has 154 valence electrons. The van der Waals surface area contributed by atoms with Crippen molar-refractivity contribution in [2.24, 2.45) is 0 Å². The topological polar surface area (TPSA) is 78.5 Å². The largest absolute Gasteiger partial charge is 0.329 e. The number of urea groups is 1. The molecular weight excluding hydrogens is 390 g/mol. The molecule has 0 bridgehead atoms. The number of imide groups is 1. The second kappa shape index (κ2) is 8.67. The van der Waals surface area contributed by atoms with E-state index in [0.29, 0.717) is 5.69 Å². The van der Waals surface area contributed by atoms with Crippen LogP contribution in [0.1, 0.15) is 11.1 Å². The highest BCUT2D eigenvalue weighted by atomic mass is 16.2. The monoisotopic (exact) mass is 411 g/mol. The SMILES string of the molecule is Cc1ccc(NC(=O)CN2C(=O)N/C(=C\c3cccc(-c4ccccc4)c3)C2=O)cc1. The average molecular weight is 411 g/mol. The van der Waals surface area contributed by atoms with E-state index in [4.69, 9.17) is 0 Å². The molecule has 1 fully saturated rings. The van der Waals surface area contributed by atoms with Gasteiger partial charge < -0.3 is 10.6 Å². The van der Waals surface area contributed by atoms with Crippen LogP contribution < -0.4 is 10.6 Å². The zero-order chi connectivity index (χ0) is 21.8. The first-order valence-electron chi connectivity index (χ1n) is 9.86. The minimum absolute atomic E-state index is 0.137. The highest BCUT2D eigenvalue weighted by Gasteiger charge is 2.34. The molecule has 1 heterocycles. The molecule has 31 heavy (non-hydrogen) atoms. The minimum atomic E-state index is -0.616. The molecule has 0 aliphatic carbocycles. The van der Waals surface area contributed by atoms with Crippen LogP contribution in [0.15, 0.2) is 84.6 Å². The number of nitrogens with zero attached hydrogens (tertiary/aromatic N) is 1. The van der Waals surface area contributed by atoms with Crippen LogP contribution in [-0.2, 0) is 9.59 Å². The van der Waals surface area contributed by atoms with Crippen LogP contribution in [0.2, 0.25) is 0 Å². The standard InChI is InChI=1S/C25H21N3O3/c1-17-10-12-21(13-11-17)26-23(29)16-28-24(30)22(27-25(28)31)15-18-6-5-9-20(14-18)19-7-3-2-4-8-19/h2-15H,16H2,1H3,(H,26,29)(H,27,31)/b22-15-. The molecule has 0 saturated carbocycles. The molecule has 1 aliphatic heterocycles. The summed E-state index contributed by atoms with van der Waals surface area (Å²) in [4.78, 5) is 38.2. The molecular formula is C25H21N3O3. The van der Waals surface area contributed by atoms with Crippen molar-refractivity contribution in [1.82, 2.24) is 10.2 Å². The number of carbonyl (C=O) groups is 3. The summed E-state index contributed by atoms with van der Waals surface area (Å²) >= 11 is 0. The third-order valence-corrected chi connectivity index (χ3v) is 4.90. The fraction of sp³-hybridized carbons (Fsp3) is 0.0800. The zero-order valence-electron chi connectivity index (χ0n) is 17.0. The van der Waals surface area contributed by atoms with Crippen molar-refractivity contribution in [3.8, 4) is 11.1 Å². The molecule has 3 aromatic rings. The molecule has 6 nitrogen and oxygen atoms in total. The third-order valence-electron chi connectivity index (χ3n) is 4.90. The predicted molar refractivity (Wildman–Crippen MR) is 120 cm³/mol. The molecule has 6 heteroatoms. The fourth-order valence-corrected chi connectivity index (χ4v) is 3.30. The van der Waals surface area contributed by atoms with Crippen LogP contribution in [0.4, 0.5) is 10.5 Å². The zero-order valence-corrected chi connectivity index (χ0v) is 17.0. The molecule has 0 aromatic heterocycles. The lowest BCUT2D eigenvalue weighted by molar-refractivity contribution is -0.127. The van der Waals surface area contributed by atoms with Crippen LogP contribution in [-0.4, -0.2) is 29.3 Å². The number of hydrogen-bond donors (Lipinski definition) is 2. The van der Waals surface area contributed by atoms with Crippen molar-refractivity contribution >= 4 is 29.6 Å². The van der Waals surface area contributed by atoms with E-state index in [1.54, 1.807) is 18.2 Å². The summed E-state index contributed by atoms with van der Waals surface area (Å²) < 4.78 is 0. The van der Waals surface area contributed by atoms with Gasteiger partial charge in [-0.1, -0.05) is 66.2 Å². The molecule has 3 aromatic carbocycles. The second-order valence-electron chi connectivity index (χ2n) is 7.29. The number of amides is 4. The number of carbonyl (C=O) groups excluding carboxylic acids is 3. The van der Waals surface area contributed by atoms with Gasteiger partial charge in [0.15, 0.2) is 0 Å². The molecule has 0 spiro atoms. The fourth-order valence-electron chi connectivity index (χ4n) is 3.30. The van der Waals surface area contributed by atoms with Gasteiger partial charge in [0.05, 0.1) is 0 Å². The lowest BCUT2D eigenvalue weighted by Gasteiger charge is -2.12. The molecule has 1 aliphatic rings. The minimum Gasteiger partial charge on any atom is -0.325 e. The highest BCUT2D eigenvalue weighted by Crippen LogP contribution is 2.22. The Labute approximate surface area is 180 Å². The smallest absolute Gasteiger partial charge is 0.325 e. The summed E-state index contributed by atoms with van der Waals surface area (Å²) in [5.41, 5.74) is 4.64. The lowest BCUT2D eigenvalue weighted by Crippen LogP contribution is -2.38. The Morgan fingerprint density at radius 3 is 2.39 bits per heavy atom. The Morgan fingerprint density at radius 2 is 1.65 bits per heavy atom. The molecule has 4 amide bonds. The van der Waals surface area contributed by atoms with Gasteiger partial charge in [-0.2, -0.15) is 0 Å². The summed E-state index contributed by atoms with van der Waals surface area (Å²) in [6.45, 7) is 1.59. The van der Waals surface area contributed by atoms with E-state index >= 15 is 0 Å². The number of aryl methyl sites for hydroxylation is 1. The molecule has 4 rings (SSSR count). The third kappa shape index (κ3) is 4.70. The first kappa shape index (κ1) is 20.1. The molecule has 0 radical (unpaired) electrons. The Balaban J connectivity index is 1.47. The molecule has 0 unspecified atom stereocenters. The van der Waals surface area contributed by atoms with Gasteiger partial charge in [-0.05, 0) is 47.9 Å². The van der Waals surface area contributed by atoms with Crippen LogP contribution in [0, 0.1) is 6.92 Å². The van der Waals surface area contributed by atoms with Gasteiger partial charge >= 0.3 is 6.03 Å². The van der Waals surface area contributed by atoms with Gasteiger partial charge in [0.1, 0.15) is 12.2 Å². The first-order valence-corrected chi connectivity index (χ1v) is 9.86. The van der Waals surface area contributed by atoms with Gasteiger partial charge in [0.2, 0.25) is 5.91 Å². The highest BCUT2D eigenvalue weighted by molar-refractivity contribution is 6.16. The van der Waals surface area contributed by atoms with Gasteiger partial charge in [-0.15, -0.1) is 0 Å². The van der Waals surface area contributed by atoms with Crippen LogP contribution in [0.3, 0.4) is 0 Å². The van der Waals surface area contributed by atoms with E-state index in [-0.39, 0.29) is 12.2 Å². The lowest BCUT2D eigenvalue weighted by atomic mass is 10.0. The number of anilines is 1. The van der Waals surface area contributed by atoms with Crippen molar-refractivity contribution in [2.75, 3.05) is 11.9 Å². The number of rotatable bonds is 5. The van der Waals surface area contributed by atoms with Crippen molar-refractivity contribution in [1.29, 1.82) is 0 Å². The van der Waals surface area contributed by atoms with E-state index in [1.165, 1.54) is 0 Å². The van der Waals surface area contributed by atoms with Crippen LogP contribution >= 0.6 is 0 Å². The summed E-state index contributed by atoms with van der Waals surface area (Å²) in [6, 6.07) is 24.2. The summed E-state index contributed by atoms with van der Waals surface area (Å²) in [5, 5.41) is 5.25. The Kier molecular flexibility index (Phi) is 5.62. The second-order valence-corrected chi connectivity index (χ2v) is 7.29. The van der Waals surface area contributed by atoms with Crippen LogP contribution in [0.25, 0.3) is 17.2 Å². The van der Waals surface area contributed by atoms with Gasteiger partial charge in [0.25, 0.3) is 5.91 Å². The quantitative estimate of drug-likeness (QED) is 0.488. The maximum Gasteiger partial charge on any atom is 0.329 e. The summed E-state index contributed by atoms with van der Waals surface area (Å²) in [5.74, 6) is -0.978.